The molecule has 1 saturated heterocycles. The summed E-state index contributed by atoms with van der Waals surface area (Å²) in [5, 5.41) is 12.2. The third-order valence-corrected chi connectivity index (χ3v) is 2.67. The molecule has 17 heavy (non-hydrogen) atoms. The fourth-order valence-electron chi connectivity index (χ4n) is 1.70. The number of para-hydroxylation sites is 1. The van der Waals surface area contributed by atoms with Gasteiger partial charge in [0.05, 0.1) is 30.5 Å². The maximum absolute atomic E-state index is 8.98. The summed E-state index contributed by atoms with van der Waals surface area (Å²) >= 11 is 0. The lowest BCUT2D eigenvalue weighted by Gasteiger charge is -2.35. The SMILES string of the molecule is CC1(C)OCC(Nc2ccccc2C#N)CO1. The molecule has 0 spiro atoms. The van der Waals surface area contributed by atoms with Crippen LogP contribution >= 0.6 is 0 Å². The van der Waals surface area contributed by atoms with E-state index in [1.807, 2.05) is 32.0 Å². The Hall–Kier alpha value is -1.57. The van der Waals surface area contributed by atoms with E-state index < -0.39 is 5.79 Å². The highest BCUT2D eigenvalue weighted by Crippen LogP contribution is 2.21. The molecule has 4 nitrogen and oxygen atoms in total. The average Bonchev–Trinajstić information content (AvgIpc) is 2.32. The van der Waals surface area contributed by atoms with Crippen molar-refractivity contribution in [3.8, 4) is 6.07 Å². The van der Waals surface area contributed by atoms with E-state index in [4.69, 9.17) is 14.7 Å². The van der Waals surface area contributed by atoms with Gasteiger partial charge in [-0.3, -0.25) is 0 Å². The van der Waals surface area contributed by atoms with Crippen LogP contribution in [-0.2, 0) is 9.47 Å². The summed E-state index contributed by atoms with van der Waals surface area (Å²) in [5.74, 6) is -0.507. The van der Waals surface area contributed by atoms with Gasteiger partial charge in [-0.05, 0) is 26.0 Å². The molecule has 0 saturated carbocycles. The topological polar surface area (TPSA) is 54.3 Å². The summed E-state index contributed by atoms with van der Waals surface area (Å²) in [6.45, 7) is 4.94. The lowest BCUT2D eigenvalue weighted by molar-refractivity contribution is -0.247. The highest BCUT2D eigenvalue weighted by molar-refractivity contribution is 5.57. The van der Waals surface area contributed by atoms with E-state index in [0.717, 1.165) is 5.69 Å². The molecule has 1 aliphatic rings. The number of ether oxygens (including phenoxy) is 2. The van der Waals surface area contributed by atoms with Gasteiger partial charge in [-0.1, -0.05) is 12.1 Å². The van der Waals surface area contributed by atoms with Crippen LogP contribution < -0.4 is 5.32 Å². The summed E-state index contributed by atoms with van der Waals surface area (Å²) in [6, 6.07) is 9.66. The van der Waals surface area contributed by atoms with Gasteiger partial charge in [0.25, 0.3) is 0 Å². The van der Waals surface area contributed by atoms with E-state index in [-0.39, 0.29) is 6.04 Å². The largest absolute Gasteiger partial charge is 0.377 e. The molecule has 0 atom stereocenters. The average molecular weight is 232 g/mol. The standard InChI is InChI=1S/C13H16N2O2/c1-13(2)16-8-11(9-17-13)15-12-6-4-3-5-10(12)7-14/h3-6,11,15H,8-9H2,1-2H3. The molecule has 0 amide bonds. The normalized spacial score (nSPS) is 19.6. The predicted octanol–water partition coefficient (Wildman–Crippen LogP) is 2.12. The zero-order chi connectivity index (χ0) is 12.3. The highest BCUT2D eigenvalue weighted by atomic mass is 16.7. The Labute approximate surface area is 101 Å². The fourth-order valence-corrected chi connectivity index (χ4v) is 1.70. The van der Waals surface area contributed by atoms with Crippen LogP contribution in [0.3, 0.4) is 0 Å². The molecule has 0 aromatic heterocycles. The van der Waals surface area contributed by atoms with E-state index in [9.17, 15) is 0 Å². The molecule has 1 fully saturated rings. The van der Waals surface area contributed by atoms with Crippen molar-refractivity contribution in [3.05, 3.63) is 29.8 Å². The molecular weight excluding hydrogens is 216 g/mol. The number of hydrogen-bond donors (Lipinski definition) is 1. The monoisotopic (exact) mass is 232 g/mol. The van der Waals surface area contributed by atoms with E-state index in [1.54, 1.807) is 6.07 Å². The zero-order valence-corrected chi connectivity index (χ0v) is 10.1. The van der Waals surface area contributed by atoms with Gasteiger partial charge in [0.1, 0.15) is 6.07 Å². The lowest BCUT2D eigenvalue weighted by Crippen LogP contribution is -2.45. The Morgan fingerprint density at radius 2 is 1.94 bits per heavy atom. The minimum Gasteiger partial charge on any atom is -0.377 e. The molecule has 4 heteroatoms. The summed E-state index contributed by atoms with van der Waals surface area (Å²) < 4.78 is 11.1. The first kappa shape index (κ1) is 11.9. The molecule has 1 aliphatic heterocycles. The molecule has 90 valence electrons. The molecule has 1 aromatic rings. The van der Waals surface area contributed by atoms with Crippen LogP contribution in [0.1, 0.15) is 19.4 Å². The molecule has 0 bridgehead atoms. The third kappa shape index (κ3) is 2.96. The molecule has 2 rings (SSSR count). The summed E-state index contributed by atoms with van der Waals surface area (Å²) in [7, 11) is 0. The quantitative estimate of drug-likeness (QED) is 0.848. The van der Waals surface area contributed by atoms with Gasteiger partial charge in [0.15, 0.2) is 5.79 Å². The van der Waals surface area contributed by atoms with Crippen molar-refractivity contribution < 1.29 is 9.47 Å². The van der Waals surface area contributed by atoms with Crippen LogP contribution in [0.15, 0.2) is 24.3 Å². The summed E-state index contributed by atoms with van der Waals surface area (Å²) in [6.07, 6.45) is 0. The first-order chi connectivity index (χ1) is 8.11. The minimum absolute atomic E-state index is 0.0810. The van der Waals surface area contributed by atoms with Crippen molar-refractivity contribution >= 4 is 5.69 Å². The van der Waals surface area contributed by atoms with Crippen molar-refractivity contribution in [2.75, 3.05) is 18.5 Å². The Morgan fingerprint density at radius 3 is 2.59 bits per heavy atom. The fraction of sp³-hybridized carbons (Fsp3) is 0.462. The van der Waals surface area contributed by atoms with E-state index in [0.29, 0.717) is 18.8 Å². The van der Waals surface area contributed by atoms with Crippen LogP contribution in [0.4, 0.5) is 5.69 Å². The highest BCUT2D eigenvalue weighted by Gasteiger charge is 2.28. The third-order valence-electron chi connectivity index (χ3n) is 2.67. The van der Waals surface area contributed by atoms with Crippen molar-refractivity contribution in [2.24, 2.45) is 0 Å². The Balaban J connectivity index is 2.01. The van der Waals surface area contributed by atoms with E-state index >= 15 is 0 Å². The number of anilines is 1. The molecular formula is C13H16N2O2. The maximum atomic E-state index is 8.98. The number of hydrogen-bond acceptors (Lipinski definition) is 4. The zero-order valence-electron chi connectivity index (χ0n) is 10.1. The van der Waals surface area contributed by atoms with Gasteiger partial charge in [0, 0.05) is 0 Å². The number of nitriles is 1. The van der Waals surface area contributed by atoms with E-state index in [2.05, 4.69) is 11.4 Å². The van der Waals surface area contributed by atoms with Gasteiger partial charge in [-0.2, -0.15) is 5.26 Å². The van der Waals surface area contributed by atoms with Crippen molar-refractivity contribution in [1.82, 2.24) is 0 Å². The maximum Gasteiger partial charge on any atom is 0.162 e. The molecule has 1 heterocycles. The number of nitrogens with one attached hydrogen (secondary N) is 1. The van der Waals surface area contributed by atoms with Crippen LogP contribution in [0, 0.1) is 11.3 Å². The molecule has 0 aliphatic carbocycles. The number of rotatable bonds is 2. The predicted molar refractivity (Wildman–Crippen MR) is 64.6 cm³/mol. The molecule has 0 radical (unpaired) electrons. The summed E-state index contributed by atoms with van der Waals surface area (Å²) in [5.41, 5.74) is 1.46. The van der Waals surface area contributed by atoms with Crippen LogP contribution in [-0.4, -0.2) is 25.0 Å². The smallest absolute Gasteiger partial charge is 0.162 e. The lowest BCUT2D eigenvalue weighted by atomic mass is 10.1. The Bertz CT molecular complexity index is 427. The molecule has 0 unspecified atom stereocenters. The molecule has 1 aromatic carbocycles. The Kier molecular flexibility index (Phi) is 3.32. The van der Waals surface area contributed by atoms with Gasteiger partial charge in [-0.15, -0.1) is 0 Å². The Morgan fingerprint density at radius 1 is 1.29 bits per heavy atom. The number of benzene rings is 1. The minimum atomic E-state index is -0.507. The van der Waals surface area contributed by atoms with Gasteiger partial charge in [-0.25, -0.2) is 0 Å². The second kappa shape index (κ2) is 4.74. The second-order valence-electron chi connectivity index (χ2n) is 4.52. The van der Waals surface area contributed by atoms with Crippen molar-refractivity contribution in [3.63, 3.8) is 0 Å². The van der Waals surface area contributed by atoms with Gasteiger partial charge >= 0.3 is 0 Å². The van der Waals surface area contributed by atoms with Crippen LogP contribution in [0.25, 0.3) is 0 Å². The van der Waals surface area contributed by atoms with E-state index in [1.165, 1.54) is 0 Å². The van der Waals surface area contributed by atoms with Gasteiger partial charge < -0.3 is 14.8 Å². The van der Waals surface area contributed by atoms with Crippen molar-refractivity contribution in [1.29, 1.82) is 5.26 Å². The first-order valence-electron chi connectivity index (χ1n) is 5.64. The molecule has 1 N–H and O–H groups in total. The first-order valence-corrected chi connectivity index (χ1v) is 5.64. The number of nitrogens with zero attached hydrogens (tertiary/aromatic N) is 1. The second-order valence-corrected chi connectivity index (χ2v) is 4.52. The van der Waals surface area contributed by atoms with Crippen LogP contribution in [0.2, 0.25) is 0 Å². The summed E-state index contributed by atoms with van der Waals surface area (Å²) in [4.78, 5) is 0. The van der Waals surface area contributed by atoms with Crippen LogP contribution in [0.5, 0.6) is 0 Å². The van der Waals surface area contributed by atoms with Gasteiger partial charge in [0.2, 0.25) is 0 Å². The van der Waals surface area contributed by atoms with Crippen molar-refractivity contribution in [2.45, 2.75) is 25.7 Å².